The second-order valence-corrected chi connectivity index (χ2v) is 7.47. The van der Waals surface area contributed by atoms with Crippen molar-refractivity contribution in [1.29, 1.82) is 0 Å². The first-order valence-electron chi connectivity index (χ1n) is 9.93. The summed E-state index contributed by atoms with van der Waals surface area (Å²) in [6.07, 6.45) is 1.02. The Hall–Kier alpha value is -3.29. The van der Waals surface area contributed by atoms with Crippen LogP contribution in [0.5, 0.6) is 0 Å². The molecule has 1 amide bonds. The number of nitrogens with two attached hydrogens (primary N) is 1. The quantitative estimate of drug-likeness (QED) is 0.543. The molecule has 1 spiro atoms. The van der Waals surface area contributed by atoms with Crippen LogP contribution in [0, 0.1) is 0 Å². The van der Waals surface area contributed by atoms with E-state index in [9.17, 15) is 14.4 Å². The van der Waals surface area contributed by atoms with Crippen molar-refractivity contribution in [3.63, 3.8) is 0 Å². The second kappa shape index (κ2) is 8.22. The van der Waals surface area contributed by atoms with E-state index in [-0.39, 0.29) is 29.4 Å². The number of anilines is 1. The smallest absolute Gasteiger partial charge is 0.341 e. The number of allylic oxidation sites excluding steroid dienone is 1. The largest absolute Gasteiger partial charge is 0.462 e. The van der Waals surface area contributed by atoms with Crippen LogP contribution < -0.4 is 11.1 Å². The van der Waals surface area contributed by atoms with Crippen molar-refractivity contribution in [3.05, 3.63) is 52.6 Å². The van der Waals surface area contributed by atoms with Gasteiger partial charge in [0.1, 0.15) is 22.3 Å². The summed E-state index contributed by atoms with van der Waals surface area (Å²) in [5, 5.41) is 2.76. The molecule has 3 N–H and O–H groups in total. The van der Waals surface area contributed by atoms with Crippen molar-refractivity contribution in [2.75, 3.05) is 11.9 Å². The number of para-hydroxylation sites is 1. The monoisotopic (exact) mass is 414 g/mol. The van der Waals surface area contributed by atoms with Gasteiger partial charge in [0.15, 0.2) is 0 Å². The van der Waals surface area contributed by atoms with Gasteiger partial charge >= 0.3 is 11.9 Å². The highest BCUT2D eigenvalue weighted by atomic mass is 16.6. The van der Waals surface area contributed by atoms with E-state index in [4.69, 9.17) is 19.9 Å². The highest BCUT2D eigenvalue weighted by Crippen LogP contribution is 2.52. The van der Waals surface area contributed by atoms with Crippen LogP contribution in [0.2, 0.25) is 0 Å². The fourth-order valence-corrected chi connectivity index (χ4v) is 3.80. The van der Waals surface area contributed by atoms with Gasteiger partial charge in [-0.2, -0.15) is 0 Å². The zero-order valence-electron chi connectivity index (χ0n) is 17.5. The molecular weight excluding hydrogens is 388 g/mol. The number of carbonyl (C=O) groups is 3. The van der Waals surface area contributed by atoms with Crippen LogP contribution in [0.15, 0.2) is 47.1 Å². The lowest BCUT2D eigenvalue weighted by Gasteiger charge is -2.35. The van der Waals surface area contributed by atoms with Crippen molar-refractivity contribution in [3.8, 4) is 0 Å². The second-order valence-electron chi connectivity index (χ2n) is 7.47. The molecule has 2 heterocycles. The Labute approximate surface area is 175 Å². The molecule has 1 unspecified atom stereocenters. The van der Waals surface area contributed by atoms with E-state index in [1.54, 1.807) is 38.1 Å². The first-order valence-corrected chi connectivity index (χ1v) is 9.93. The zero-order valence-corrected chi connectivity index (χ0v) is 17.5. The normalized spacial score (nSPS) is 20.2. The van der Waals surface area contributed by atoms with Crippen LogP contribution in [0.3, 0.4) is 0 Å². The van der Waals surface area contributed by atoms with Gasteiger partial charge in [-0.25, -0.2) is 9.59 Å². The molecule has 0 aromatic heterocycles. The molecule has 0 saturated carbocycles. The van der Waals surface area contributed by atoms with Gasteiger partial charge in [0.25, 0.3) is 0 Å². The minimum absolute atomic E-state index is 0.0877. The number of benzene rings is 1. The van der Waals surface area contributed by atoms with E-state index in [1.807, 2.05) is 6.92 Å². The van der Waals surface area contributed by atoms with E-state index >= 15 is 0 Å². The van der Waals surface area contributed by atoms with Crippen LogP contribution in [0.25, 0.3) is 0 Å². The Morgan fingerprint density at radius 1 is 1.20 bits per heavy atom. The number of fused-ring (bicyclic) bond motifs is 2. The summed E-state index contributed by atoms with van der Waals surface area (Å²) < 4.78 is 16.3. The molecule has 160 valence electrons. The fourth-order valence-electron chi connectivity index (χ4n) is 3.80. The minimum Gasteiger partial charge on any atom is -0.462 e. The number of hydrogen-bond acceptors (Lipinski definition) is 7. The molecule has 30 heavy (non-hydrogen) atoms. The van der Waals surface area contributed by atoms with E-state index in [0.717, 1.165) is 6.42 Å². The van der Waals surface area contributed by atoms with Crippen LogP contribution in [-0.2, 0) is 34.0 Å². The van der Waals surface area contributed by atoms with Crippen molar-refractivity contribution in [1.82, 2.24) is 0 Å². The predicted molar refractivity (Wildman–Crippen MR) is 109 cm³/mol. The summed E-state index contributed by atoms with van der Waals surface area (Å²) in [5.74, 6) is -2.35. The summed E-state index contributed by atoms with van der Waals surface area (Å²) in [5.41, 5.74) is 4.86. The highest BCUT2D eigenvalue weighted by Gasteiger charge is 2.61. The minimum atomic E-state index is -1.82. The summed E-state index contributed by atoms with van der Waals surface area (Å²) in [6, 6.07) is 6.81. The van der Waals surface area contributed by atoms with Crippen LogP contribution in [0.1, 0.15) is 46.1 Å². The van der Waals surface area contributed by atoms with E-state index in [2.05, 4.69) is 5.32 Å². The Morgan fingerprint density at radius 3 is 2.57 bits per heavy atom. The van der Waals surface area contributed by atoms with Gasteiger partial charge in [-0.1, -0.05) is 31.5 Å². The number of unbranched alkanes of at least 4 members (excludes halogenated alkanes) is 1. The third-order valence-electron chi connectivity index (χ3n) is 5.01. The molecule has 0 bridgehead atoms. The maximum absolute atomic E-state index is 13.4. The lowest BCUT2D eigenvalue weighted by Crippen LogP contribution is -2.48. The molecule has 1 aromatic carbocycles. The topological polar surface area (TPSA) is 117 Å². The lowest BCUT2D eigenvalue weighted by atomic mass is 9.67. The maximum Gasteiger partial charge on any atom is 0.341 e. The summed E-state index contributed by atoms with van der Waals surface area (Å²) in [7, 11) is 0. The SMILES string of the molecule is CCCCOC(=O)C1=C(N)OC(C)=C(C(=O)OC(C)C)C12C(=O)Nc1ccccc12. The average Bonchev–Trinajstić information content (AvgIpc) is 2.93. The van der Waals surface area contributed by atoms with Crippen molar-refractivity contribution in [2.24, 2.45) is 5.73 Å². The first kappa shape index (κ1) is 21.4. The Bertz CT molecular complexity index is 962. The maximum atomic E-state index is 13.4. The molecule has 0 radical (unpaired) electrons. The zero-order chi connectivity index (χ0) is 22.1. The standard InChI is InChI=1S/C22H26N2O6/c1-5-6-11-28-19(25)17-18(23)30-13(4)16(20(26)29-12(2)3)22(17)14-9-7-8-10-15(14)24-21(22)27/h7-10,12H,5-6,11,23H2,1-4H3,(H,24,27). The van der Waals surface area contributed by atoms with Crippen molar-refractivity contribution >= 4 is 23.5 Å². The number of ether oxygens (including phenoxy) is 3. The van der Waals surface area contributed by atoms with Gasteiger partial charge in [0.05, 0.1) is 12.7 Å². The Morgan fingerprint density at radius 2 is 1.90 bits per heavy atom. The number of amides is 1. The molecule has 0 fully saturated rings. The molecule has 8 heteroatoms. The Balaban J connectivity index is 2.25. The van der Waals surface area contributed by atoms with Gasteiger partial charge in [-0.15, -0.1) is 0 Å². The van der Waals surface area contributed by atoms with Crippen LogP contribution in [-0.4, -0.2) is 30.6 Å². The number of carbonyl (C=O) groups excluding carboxylic acids is 3. The molecular formula is C22H26N2O6. The lowest BCUT2D eigenvalue weighted by molar-refractivity contribution is -0.145. The van der Waals surface area contributed by atoms with Gasteiger partial charge in [0.2, 0.25) is 11.8 Å². The summed E-state index contributed by atoms with van der Waals surface area (Å²) >= 11 is 0. The molecule has 0 saturated heterocycles. The van der Waals surface area contributed by atoms with Crippen molar-refractivity contribution in [2.45, 2.75) is 52.1 Å². The van der Waals surface area contributed by atoms with Gasteiger partial charge in [-0.3, -0.25) is 4.79 Å². The van der Waals surface area contributed by atoms with Crippen LogP contribution in [0.4, 0.5) is 5.69 Å². The van der Waals surface area contributed by atoms with Gasteiger partial charge in [-0.05, 0) is 33.3 Å². The van der Waals surface area contributed by atoms with Gasteiger partial charge in [0, 0.05) is 11.3 Å². The van der Waals surface area contributed by atoms with Crippen molar-refractivity contribution < 1.29 is 28.6 Å². The van der Waals surface area contributed by atoms with E-state index in [1.165, 1.54) is 6.92 Å². The first-order chi connectivity index (χ1) is 14.2. The number of hydrogen-bond donors (Lipinski definition) is 2. The third-order valence-corrected chi connectivity index (χ3v) is 5.01. The Kier molecular flexibility index (Phi) is 5.87. The average molecular weight is 414 g/mol. The molecule has 1 aromatic rings. The number of nitrogens with one attached hydrogen (secondary N) is 1. The molecule has 2 aliphatic heterocycles. The van der Waals surface area contributed by atoms with E-state index < -0.39 is 29.4 Å². The molecule has 8 nitrogen and oxygen atoms in total. The predicted octanol–water partition coefficient (Wildman–Crippen LogP) is 2.65. The summed E-state index contributed by atoms with van der Waals surface area (Å²) in [6.45, 7) is 7.01. The van der Waals surface area contributed by atoms with Crippen LogP contribution >= 0.6 is 0 Å². The summed E-state index contributed by atoms with van der Waals surface area (Å²) in [4.78, 5) is 39.7. The molecule has 3 rings (SSSR count). The number of rotatable bonds is 6. The van der Waals surface area contributed by atoms with E-state index in [0.29, 0.717) is 17.7 Å². The molecule has 2 aliphatic rings. The van der Waals surface area contributed by atoms with Gasteiger partial charge < -0.3 is 25.3 Å². The highest BCUT2D eigenvalue weighted by molar-refractivity contribution is 6.21. The molecule has 1 atom stereocenters. The third kappa shape index (κ3) is 3.32. The fraction of sp³-hybridized carbons (Fsp3) is 0.409. The molecule has 0 aliphatic carbocycles. The number of esters is 2.